The second-order valence-electron chi connectivity index (χ2n) is 6.61. The van der Waals surface area contributed by atoms with Crippen molar-refractivity contribution in [3.63, 3.8) is 0 Å². The van der Waals surface area contributed by atoms with Crippen molar-refractivity contribution in [3.05, 3.63) is 23.7 Å². The molecule has 106 valence electrons. The Kier molecular flexibility index (Phi) is 2.65. The van der Waals surface area contributed by atoms with Crippen LogP contribution >= 0.6 is 11.6 Å². The zero-order valence-corrected chi connectivity index (χ0v) is 12.8. The molecule has 2 aliphatic carbocycles. The smallest absolute Gasteiger partial charge is 0.160 e. The third-order valence-corrected chi connectivity index (χ3v) is 5.22. The van der Waals surface area contributed by atoms with Gasteiger partial charge in [0.1, 0.15) is 11.3 Å². The van der Waals surface area contributed by atoms with Gasteiger partial charge in [0.15, 0.2) is 5.65 Å². The van der Waals surface area contributed by atoms with Crippen LogP contribution in [0.25, 0.3) is 11.2 Å². The monoisotopic (exact) mass is 289 g/mol. The highest BCUT2D eigenvalue weighted by molar-refractivity contribution is 6.20. The van der Waals surface area contributed by atoms with E-state index in [0.717, 1.165) is 29.5 Å². The molecular weight excluding hydrogens is 270 g/mol. The molecule has 0 amide bonds. The van der Waals surface area contributed by atoms with Crippen molar-refractivity contribution in [1.29, 1.82) is 0 Å². The maximum Gasteiger partial charge on any atom is 0.160 e. The van der Waals surface area contributed by atoms with Crippen molar-refractivity contribution < 1.29 is 0 Å². The number of fused-ring (bicyclic) bond motifs is 1. The van der Waals surface area contributed by atoms with Gasteiger partial charge in [-0.1, -0.05) is 0 Å². The maximum absolute atomic E-state index is 6.37. The predicted molar refractivity (Wildman–Crippen MR) is 80.9 cm³/mol. The van der Waals surface area contributed by atoms with E-state index in [4.69, 9.17) is 16.6 Å². The normalized spacial score (nSPS) is 22.1. The molecule has 2 heterocycles. The van der Waals surface area contributed by atoms with E-state index in [9.17, 15) is 0 Å². The second-order valence-corrected chi connectivity index (χ2v) is 7.26. The molecule has 0 saturated heterocycles. The molecule has 20 heavy (non-hydrogen) atoms. The van der Waals surface area contributed by atoms with Crippen molar-refractivity contribution in [3.8, 4) is 0 Å². The summed E-state index contributed by atoms with van der Waals surface area (Å²) in [5.41, 5.74) is 3.74. The van der Waals surface area contributed by atoms with E-state index in [2.05, 4.69) is 16.5 Å². The van der Waals surface area contributed by atoms with Crippen LogP contribution in [-0.2, 0) is 6.54 Å². The lowest BCUT2D eigenvalue weighted by molar-refractivity contribution is 0.368. The highest BCUT2D eigenvalue weighted by atomic mass is 35.5. The number of alkyl halides is 1. The number of nitrogens with zero attached hydrogens (tertiary/aromatic N) is 3. The minimum absolute atomic E-state index is 0.0707. The molecule has 2 fully saturated rings. The average Bonchev–Trinajstić information content (AvgIpc) is 3.28. The van der Waals surface area contributed by atoms with Gasteiger partial charge in [-0.25, -0.2) is 9.97 Å². The van der Waals surface area contributed by atoms with Crippen molar-refractivity contribution in [2.75, 3.05) is 0 Å². The largest absolute Gasteiger partial charge is 0.311 e. The molecule has 0 bridgehead atoms. The Bertz CT molecular complexity index is 666. The molecule has 0 N–H and O–H groups in total. The van der Waals surface area contributed by atoms with Crippen LogP contribution in [0.3, 0.4) is 0 Å². The molecule has 1 atom stereocenters. The zero-order valence-electron chi connectivity index (χ0n) is 12.1. The SMILES string of the molecule is Cc1ccnc2c1nc(C(C)Cl)n2CC1(C2CC2)CC1. The minimum Gasteiger partial charge on any atom is -0.311 e. The van der Waals surface area contributed by atoms with E-state index >= 15 is 0 Å². The van der Waals surface area contributed by atoms with Crippen LogP contribution in [0.4, 0.5) is 0 Å². The maximum atomic E-state index is 6.37. The Morgan fingerprint density at radius 2 is 2.20 bits per heavy atom. The Morgan fingerprint density at radius 1 is 1.45 bits per heavy atom. The van der Waals surface area contributed by atoms with Gasteiger partial charge in [-0.3, -0.25) is 0 Å². The van der Waals surface area contributed by atoms with Gasteiger partial charge in [-0.05, 0) is 62.5 Å². The molecule has 0 aliphatic heterocycles. The van der Waals surface area contributed by atoms with Crippen LogP contribution in [0.1, 0.15) is 49.4 Å². The van der Waals surface area contributed by atoms with Crippen LogP contribution in [0.2, 0.25) is 0 Å². The third-order valence-electron chi connectivity index (χ3n) is 5.03. The topological polar surface area (TPSA) is 30.7 Å². The number of aromatic nitrogens is 3. The fourth-order valence-electron chi connectivity index (χ4n) is 3.48. The van der Waals surface area contributed by atoms with Crippen LogP contribution in [0, 0.1) is 18.3 Å². The fourth-order valence-corrected chi connectivity index (χ4v) is 3.65. The number of rotatable bonds is 4. The number of imidazole rings is 1. The van der Waals surface area contributed by atoms with E-state index in [-0.39, 0.29) is 5.38 Å². The van der Waals surface area contributed by atoms with Gasteiger partial charge in [-0.15, -0.1) is 11.6 Å². The van der Waals surface area contributed by atoms with Gasteiger partial charge in [0, 0.05) is 12.7 Å². The van der Waals surface area contributed by atoms with Crippen LogP contribution in [0.15, 0.2) is 12.3 Å². The Balaban J connectivity index is 1.83. The number of halogens is 1. The van der Waals surface area contributed by atoms with E-state index in [1.807, 2.05) is 19.2 Å². The lowest BCUT2D eigenvalue weighted by Crippen LogP contribution is -2.16. The Labute approximate surface area is 124 Å². The molecule has 0 aromatic carbocycles. The lowest BCUT2D eigenvalue weighted by atomic mass is 10.0. The van der Waals surface area contributed by atoms with Gasteiger partial charge < -0.3 is 4.57 Å². The summed E-state index contributed by atoms with van der Waals surface area (Å²) < 4.78 is 2.30. The summed E-state index contributed by atoms with van der Waals surface area (Å²) in [6, 6.07) is 2.02. The summed E-state index contributed by atoms with van der Waals surface area (Å²) in [5.74, 6) is 1.92. The standard InChI is InChI=1S/C16H20ClN3/c1-10-5-8-18-15-13(10)19-14(11(2)17)20(15)9-16(6-7-16)12-3-4-12/h5,8,11-12H,3-4,6-7,9H2,1-2H3. The van der Waals surface area contributed by atoms with Crippen LogP contribution in [-0.4, -0.2) is 14.5 Å². The molecule has 4 heteroatoms. The summed E-state index contributed by atoms with van der Waals surface area (Å²) in [4.78, 5) is 9.35. The highest BCUT2D eigenvalue weighted by Crippen LogP contribution is 2.62. The zero-order chi connectivity index (χ0) is 13.9. The molecule has 2 saturated carbocycles. The Hall–Kier alpha value is -1.09. The molecule has 2 aromatic heterocycles. The number of hydrogen-bond donors (Lipinski definition) is 0. The van der Waals surface area contributed by atoms with Crippen molar-refractivity contribution >= 4 is 22.8 Å². The van der Waals surface area contributed by atoms with E-state index < -0.39 is 0 Å². The van der Waals surface area contributed by atoms with Gasteiger partial charge >= 0.3 is 0 Å². The summed E-state index contributed by atoms with van der Waals surface area (Å²) in [6.07, 6.45) is 7.42. The van der Waals surface area contributed by atoms with Gasteiger partial charge in [0.25, 0.3) is 0 Å². The molecule has 2 aliphatic rings. The van der Waals surface area contributed by atoms with Gasteiger partial charge in [-0.2, -0.15) is 0 Å². The summed E-state index contributed by atoms with van der Waals surface area (Å²) in [7, 11) is 0. The molecule has 0 radical (unpaired) electrons. The third kappa shape index (κ3) is 1.86. The highest BCUT2D eigenvalue weighted by Gasteiger charge is 2.54. The first-order valence-corrected chi connectivity index (χ1v) is 8.00. The molecular formula is C16H20ClN3. The molecule has 1 unspecified atom stereocenters. The van der Waals surface area contributed by atoms with Crippen molar-refractivity contribution in [2.24, 2.45) is 11.3 Å². The number of pyridine rings is 1. The first-order chi connectivity index (χ1) is 9.61. The molecule has 2 aromatic rings. The van der Waals surface area contributed by atoms with Crippen molar-refractivity contribution in [2.45, 2.75) is 51.5 Å². The summed E-state index contributed by atoms with van der Waals surface area (Å²) >= 11 is 6.37. The number of hydrogen-bond acceptors (Lipinski definition) is 2. The second kappa shape index (κ2) is 4.20. The Morgan fingerprint density at radius 3 is 2.80 bits per heavy atom. The van der Waals surface area contributed by atoms with Crippen LogP contribution in [0.5, 0.6) is 0 Å². The molecule has 4 rings (SSSR count). The minimum atomic E-state index is -0.0707. The van der Waals surface area contributed by atoms with E-state index in [1.54, 1.807) is 0 Å². The summed E-state index contributed by atoms with van der Waals surface area (Å²) in [6.45, 7) is 5.15. The average molecular weight is 290 g/mol. The molecule has 3 nitrogen and oxygen atoms in total. The van der Waals surface area contributed by atoms with Crippen LogP contribution < -0.4 is 0 Å². The molecule has 0 spiro atoms. The van der Waals surface area contributed by atoms with Crippen molar-refractivity contribution in [1.82, 2.24) is 14.5 Å². The first-order valence-electron chi connectivity index (χ1n) is 7.56. The fraction of sp³-hybridized carbons (Fsp3) is 0.625. The van der Waals surface area contributed by atoms with Gasteiger partial charge in [0.2, 0.25) is 0 Å². The van der Waals surface area contributed by atoms with E-state index in [0.29, 0.717) is 5.41 Å². The summed E-state index contributed by atoms with van der Waals surface area (Å²) in [5, 5.41) is -0.0707. The van der Waals surface area contributed by atoms with E-state index in [1.165, 1.54) is 31.2 Å². The quantitative estimate of drug-likeness (QED) is 0.789. The predicted octanol–water partition coefficient (Wildman–Crippen LogP) is 4.23. The first kappa shape index (κ1) is 12.6. The van der Waals surface area contributed by atoms with Gasteiger partial charge in [0.05, 0.1) is 5.38 Å². The lowest BCUT2D eigenvalue weighted by Gasteiger charge is -2.18. The number of aryl methyl sites for hydroxylation is 1.